The minimum Gasteiger partial charge on any atom is -0.298 e. The second-order valence-electron chi connectivity index (χ2n) is 5.51. The zero-order valence-corrected chi connectivity index (χ0v) is 12.3. The van der Waals surface area contributed by atoms with Crippen LogP contribution in [-0.4, -0.2) is 22.9 Å². The molecule has 5 heteroatoms. The first-order chi connectivity index (χ1) is 10.7. The van der Waals surface area contributed by atoms with E-state index in [2.05, 4.69) is 22.3 Å². The van der Waals surface area contributed by atoms with Gasteiger partial charge in [-0.3, -0.25) is 20.3 Å². The van der Waals surface area contributed by atoms with E-state index >= 15 is 0 Å². The van der Waals surface area contributed by atoms with Crippen LogP contribution < -0.4 is 5.32 Å². The highest BCUT2D eigenvalue weighted by molar-refractivity contribution is 5.34. The molecule has 114 valence electrons. The van der Waals surface area contributed by atoms with Gasteiger partial charge >= 0.3 is 0 Å². The normalized spacial score (nSPS) is 19.0. The van der Waals surface area contributed by atoms with Crippen molar-refractivity contribution in [2.75, 3.05) is 13.1 Å². The molecule has 1 unspecified atom stereocenters. The number of hydrogen-bond acceptors (Lipinski definition) is 4. The lowest BCUT2D eigenvalue weighted by Crippen LogP contribution is -2.44. The highest BCUT2D eigenvalue weighted by Crippen LogP contribution is 2.25. The van der Waals surface area contributed by atoms with Gasteiger partial charge in [0.1, 0.15) is 0 Å². The van der Waals surface area contributed by atoms with Gasteiger partial charge in [0.15, 0.2) is 0 Å². The number of rotatable bonds is 4. The molecule has 5 nitrogen and oxygen atoms in total. The topological polar surface area (TPSA) is 58.4 Å². The Kier molecular flexibility index (Phi) is 4.46. The van der Waals surface area contributed by atoms with Gasteiger partial charge in [0, 0.05) is 25.2 Å². The van der Waals surface area contributed by atoms with Gasteiger partial charge in [-0.1, -0.05) is 30.3 Å². The Bertz CT molecular complexity index is 628. The Balaban J connectivity index is 1.78. The standard InChI is InChI=1S/C17H19N3O2/c21-20(22)16-9-7-15(8-10-16)17-18-11-4-12-19(17)13-14-5-2-1-3-6-14/h1-3,5-10,17-18H,4,11-13H2. The van der Waals surface area contributed by atoms with Gasteiger partial charge < -0.3 is 0 Å². The molecule has 0 bridgehead atoms. The summed E-state index contributed by atoms with van der Waals surface area (Å²) in [5.74, 6) is 0. The maximum Gasteiger partial charge on any atom is 0.269 e. The van der Waals surface area contributed by atoms with E-state index in [4.69, 9.17) is 0 Å². The Labute approximate surface area is 129 Å². The molecule has 2 aromatic rings. The Hall–Kier alpha value is -2.24. The minimum atomic E-state index is -0.361. The van der Waals surface area contributed by atoms with Crippen LogP contribution in [0.2, 0.25) is 0 Å². The molecule has 3 rings (SSSR count). The number of nitrogens with zero attached hydrogens (tertiary/aromatic N) is 2. The quantitative estimate of drug-likeness (QED) is 0.696. The molecule has 0 spiro atoms. The van der Waals surface area contributed by atoms with E-state index in [1.165, 1.54) is 5.56 Å². The van der Waals surface area contributed by atoms with Gasteiger partial charge in [-0.25, -0.2) is 0 Å². The average Bonchev–Trinajstić information content (AvgIpc) is 2.56. The van der Waals surface area contributed by atoms with Gasteiger partial charge in [-0.15, -0.1) is 0 Å². The van der Waals surface area contributed by atoms with Crippen LogP contribution in [0.15, 0.2) is 54.6 Å². The molecule has 2 aromatic carbocycles. The van der Waals surface area contributed by atoms with E-state index in [1.807, 2.05) is 30.3 Å². The zero-order chi connectivity index (χ0) is 15.4. The summed E-state index contributed by atoms with van der Waals surface area (Å²) in [4.78, 5) is 12.8. The first-order valence-electron chi connectivity index (χ1n) is 7.50. The maximum atomic E-state index is 10.8. The lowest BCUT2D eigenvalue weighted by molar-refractivity contribution is -0.384. The fourth-order valence-electron chi connectivity index (χ4n) is 2.87. The molecular formula is C17H19N3O2. The van der Waals surface area contributed by atoms with Crippen LogP contribution >= 0.6 is 0 Å². The summed E-state index contributed by atoms with van der Waals surface area (Å²) in [6, 6.07) is 17.2. The van der Waals surface area contributed by atoms with Crippen molar-refractivity contribution in [3.8, 4) is 0 Å². The average molecular weight is 297 g/mol. The third-order valence-corrected chi connectivity index (χ3v) is 3.97. The summed E-state index contributed by atoms with van der Waals surface area (Å²) in [5.41, 5.74) is 2.48. The van der Waals surface area contributed by atoms with Crippen molar-refractivity contribution in [2.45, 2.75) is 19.1 Å². The molecule has 0 aromatic heterocycles. The minimum absolute atomic E-state index is 0.106. The van der Waals surface area contributed by atoms with E-state index in [-0.39, 0.29) is 16.8 Å². The van der Waals surface area contributed by atoms with Crippen LogP contribution in [0, 0.1) is 10.1 Å². The van der Waals surface area contributed by atoms with Crippen molar-refractivity contribution in [1.29, 1.82) is 0 Å². The molecule has 1 saturated heterocycles. The first kappa shape index (κ1) is 14.7. The van der Waals surface area contributed by atoms with E-state index in [9.17, 15) is 10.1 Å². The number of non-ortho nitro benzene ring substituents is 1. The maximum absolute atomic E-state index is 10.8. The molecule has 1 N–H and O–H groups in total. The molecule has 1 aliphatic heterocycles. The van der Waals surface area contributed by atoms with Crippen LogP contribution in [0.1, 0.15) is 23.7 Å². The fraction of sp³-hybridized carbons (Fsp3) is 0.294. The van der Waals surface area contributed by atoms with Crippen molar-refractivity contribution in [3.63, 3.8) is 0 Å². The number of benzene rings is 2. The van der Waals surface area contributed by atoms with Crippen molar-refractivity contribution in [1.82, 2.24) is 10.2 Å². The summed E-state index contributed by atoms with van der Waals surface area (Å²) in [5, 5.41) is 14.3. The smallest absolute Gasteiger partial charge is 0.269 e. The molecule has 0 aliphatic carbocycles. The lowest BCUT2D eigenvalue weighted by Gasteiger charge is -2.36. The first-order valence-corrected chi connectivity index (χ1v) is 7.50. The number of nitro benzene ring substituents is 1. The van der Waals surface area contributed by atoms with Crippen LogP contribution in [-0.2, 0) is 6.54 Å². The second-order valence-corrected chi connectivity index (χ2v) is 5.51. The highest BCUT2D eigenvalue weighted by Gasteiger charge is 2.23. The van der Waals surface area contributed by atoms with E-state index in [1.54, 1.807) is 12.1 Å². The summed E-state index contributed by atoms with van der Waals surface area (Å²) in [7, 11) is 0. The molecule has 1 heterocycles. The Morgan fingerprint density at radius 3 is 2.55 bits per heavy atom. The predicted molar refractivity (Wildman–Crippen MR) is 85.3 cm³/mol. The number of nitrogens with one attached hydrogen (secondary N) is 1. The van der Waals surface area contributed by atoms with Crippen molar-refractivity contribution >= 4 is 5.69 Å². The monoisotopic (exact) mass is 297 g/mol. The SMILES string of the molecule is O=[N+]([O-])c1ccc(C2NCCCN2Cc2ccccc2)cc1. The second kappa shape index (κ2) is 6.68. The Morgan fingerprint density at radius 1 is 1.14 bits per heavy atom. The molecular weight excluding hydrogens is 278 g/mol. The molecule has 1 aliphatic rings. The van der Waals surface area contributed by atoms with Crippen LogP contribution in [0.25, 0.3) is 0 Å². The highest BCUT2D eigenvalue weighted by atomic mass is 16.6. The molecule has 1 fully saturated rings. The van der Waals surface area contributed by atoms with Crippen LogP contribution in [0.4, 0.5) is 5.69 Å². The van der Waals surface area contributed by atoms with Crippen LogP contribution in [0.3, 0.4) is 0 Å². The summed E-state index contributed by atoms with van der Waals surface area (Å²) in [6.07, 6.45) is 1.21. The molecule has 0 saturated carbocycles. The van der Waals surface area contributed by atoms with Gasteiger partial charge in [0.25, 0.3) is 5.69 Å². The summed E-state index contributed by atoms with van der Waals surface area (Å²) < 4.78 is 0. The van der Waals surface area contributed by atoms with Gasteiger partial charge in [-0.05, 0) is 36.2 Å². The van der Waals surface area contributed by atoms with Crippen LogP contribution in [0.5, 0.6) is 0 Å². The van der Waals surface area contributed by atoms with Crippen molar-refractivity contribution < 1.29 is 4.92 Å². The third-order valence-electron chi connectivity index (χ3n) is 3.97. The van der Waals surface area contributed by atoms with E-state index < -0.39 is 0 Å². The molecule has 0 radical (unpaired) electrons. The van der Waals surface area contributed by atoms with Gasteiger partial charge in [-0.2, -0.15) is 0 Å². The molecule has 0 amide bonds. The number of nitro groups is 1. The molecule has 1 atom stereocenters. The largest absolute Gasteiger partial charge is 0.298 e. The molecule has 22 heavy (non-hydrogen) atoms. The third kappa shape index (κ3) is 3.32. The van der Waals surface area contributed by atoms with E-state index in [0.29, 0.717) is 0 Å². The number of hydrogen-bond donors (Lipinski definition) is 1. The lowest BCUT2D eigenvalue weighted by atomic mass is 10.1. The van der Waals surface area contributed by atoms with Gasteiger partial charge in [0.05, 0.1) is 11.1 Å². The summed E-state index contributed by atoms with van der Waals surface area (Å²) in [6.45, 7) is 2.85. The summed E-state index contributed by atoms with van der Waals surface area (Å²) >= 11 is 0. The van der Waals surface area contributed by atoms with Crippen molar-refractivity contribution in [2.24, 2.45) is 0 Å². The van der Waals surface area contributed by atoms with Gasteiger partial charge in [0.2, 0.25) is 0 Å². The van der Waals surface area contributed by atoms with E-state index in [0.717, 1.165) is 31.6 Å². The predicted octanol–water partition coefficient (Wildman–Crippen LogP) is 3.09. The fourth-order valence-corrected chi connectivity index (χ4v) is 2.87. The Morgan fingerprint density at radius 2 is 1.86 bits per heavy atom. The van der Waals surface area contributed by atoms with Crippen molar-refractivity contribution in [3.05, 3.63) is 75.8 Å². The zero-order valence-electron chi connectivity index (χ0n) is 12.3.